The first kappa shape index (κ1) is 12.8. The number of nitrogens with zero attached hydrogens (tertiary/aromatic N) is 2. The van der Waals surface area contributed by atoms with Gasteiger partial charge in [-0.05, 0) is 37.5 Å². The van der Waals surface area contributed by atoms with Gasteiger partial charge in [-0.25, -0.2) is 0 Å². The van der Waals surface area contributed by atoms with Gasteiger partial charge in [-0.2, -0.15) is 5.10 Å². The highest BCUT2D eigenvalue weighted by atomic mass is 15.3. The molecule has 1 N–H and O–H groups in total. The Labute approximate surface area is 109 Å². The van der Waals surface area contributed by atoms with Crippen LogP contribution in [-0.2, 0) is 20.0 Å². The van der Waals surface area contributed by atoms with Crippen molar-refractivity contribution in [2.24, 2.45) is 7.05 Å². The number of aromatic nitrogens is 2. The Hall–Kier alpha value is -1.61. The molecule has 1 aromatic carbocycles. The molecule has 0 radical (unpaired) electrons. The van der Waals surface area contributed by atoms with E-state index >= 15 is 0 Å². The van der Waals surface area contributed by atoms with Crippen LogP contribution in [0, 0.1) is 6.92 Å². The van der Waals surface area contributed by atoms with E-state index in [1.54, 1.807) is 0 Å². The SMILES string of the molecule is Cc1ccccc1CC(C)NCc1ccnn1C. The molecule has 2 rings (SSSR count). The highest BCUT2D eigenvalue weighted by Gasteiger charge is 2.06. The summed E-state index contributed by atoms with van der Waals surface area (Å²) < 4.78 is 1.91. The van der Waals surface area contributed by atoms with E-state index in [0.29, 0.717) is 6.04 Å². The molecule has 1 unspecified atom stereocenters. The first-order chi connectivity index (χ1) is 8.66. The van der Waals surface area contributed by atoms with Gasteiger partial charge in [-0.15, -0.1) is 0 Å². The molecule has 3 heteroatoms. The molecular weight excluding hydrogens is 222 g/mol. The van der Waals surface area contributed by atoms with E-state index in [4.69, 9.17) is 0 Å². The molecule has 0 amide bonds. The van der Waals surface area contributed by atoms with Gasteiger partial charge in [0, 0.05) is 25.8 Å². The Morgan fingerprint density at radius 1 is 1.28 bits per heavy atom. The van der Waals surface area contributed by atoms with Crippen LogP contribution in [0.3, 0.4) is 0 Å². The molecule has 18 heavy (non-hydrogen) atoms. The van der Waals surface area contributed by atoms with Crippen LogP contribution in [-0.4, -0.2) is 15.8 Å². The highest BCUT2D eigenvalue weighted by Crippen LogP contribution is 2.10. The van der Waals surface area contributed by atoms with Gasteiger partial charge in [0.25, 0.3) is 0 Å². The van der Waals surface area contributed by atoms with Crippen molar-refractivity contribution in [1.29, 1.82) is 0 Å². The molecule has 96 valence electrons. The fourth-order valence-electron chi connectivity index (χ4n) is 2.09. The molecule has 0 saturated carbocycles. The lowest BCUT2D eigenvalue weighted by molar-refractivity contribution is 0.525. The lowest BCUT2D eigenvalue weighted by Crippen LogP contribution is -2.28. The molecule has 1 heterocycles. The summed E-state index contributed by atoms with van der Waals surface area (Å²) >= 11 is 0. The fraction of sp³-hybridized carbons (Fsp3) is 0.400. The van der Waals surface area contributed by atoms with Crippen molar-refractivity contribution in [3.05, 3.63) is 53.3 Å². The van der Waals surface area contributed by atoms with Crippen molar-refractivity contribution in [3.8, 4) is 0 Å². The summed E-state index contributed by atoms with van der Waals surface area (Å²) in [4.78, 5) is 0. The predicted octanol–water partition coefficient (Wildman–Crippen LogP) is 2.45. The van der Waals surface area contributed by atoms with Gasteiger partial charge in [-0.1, -0.05) is 24.3 Å². The molecular formula is C15H21N3. The van der Waals surface area contributed by atoms with Crippen molar-refractivity contribution in [1.82, 2.24) is 15.1 Å². The van der Waals surface area contributed by atoms with E-state index in [9.17, 15) is 0 Å². The van der Waals surface area contributed by atoms with E-state index in [0.717, 1.165) is 13.0 Å². The van der Waals surface area contributed by atoms with Crippen LogP contribution in [0.25, 0.3) is 0 Å². The third-order valence-corrected chi connectivity index (χ3v) is 3.34. The van der Waals surface area contributed by atoms with Crippen molar-refractivity contribution >= 4 is 0 Å². The van der Waals surface area contributed by atoms with Crippen LogP contribution in [0.5, 0.6) is 0 Å². The number of hydrogen-bond donors (Lipinski definition) is 1. The molecule has 3 nitrogen and oxygen atoms in total. The number of nitrogens with one attached hydrogen (secondary N) is 1. The first-order valence-electron chi connectivity index (χ1n) is 6.41. The Bertz CT molecular complexity index is 502. The maximum absolute atomic E-state index is 4.17. The van der Waals surface area contributed by atoms with Gasteiger partial charge < -0.3 is 5.32 Å². The number of hydrogen-bond acceptors (Lipinski definition) is 2. The van der Waals surface area contributed by atoms with Crippen molar-refractivity contribution in [2.75, 3.05) is 0 Å². The van der Waals surface area contributed by atoms with Crippen LogP contribution in [0.4, 0.5) is 0 Å². The molecule has 0 saturated heterocycles. The molecule has 2 aromatic rings. The zero-order valence-electron chi connectivity index (χ0n) is 11.4. The van der Waals surface area contributed by atoms with Crippen molar-refractivity contribution in [2.45, 2.75) is 32.9 Å². The van der Waals surface area contributed by atoms with Crippen LogP contribution in [0.2, 0.25) is 0 Å². The molecule has 0 aliphatic carbocycles. The van der Waals surface area contributed by atoms with Crippen LogP contribution >= 0.6 is 0 Å². The van der Waals surface area contributed by atoms with Gasteiger partial charge in [0.15, 0.2) is 0 Å². The third kappa shape index (κ3) is 3.20. The van der Waals surface area contributed by atoms with E-state index < -0.39 is 0 Å². The molecule has 0 aliphatic heterocycles. The van der Waals surface area contributed by atoms with Crippen LogP contribution in [0.15, 0.2) is 36.5 Å². The van der Waals surface area contributed by atoms with Crippen molar-refractivity contribution in [3.63, 3.8) is 0 Å². The standard InChI is InChI=1S/C15H21N3/c1-12-6-4-5-7-14(12)10-13(2)16-11-15-8-9-17-18(15)3/h4-9,13,16H,10-11H2,1-3H3. The summed E-state index contributed by atoms with van der Waals surface area (Å²) in [6.07, 6.45) is 2.90. The van der Waals surface area contributed by atoms with Crippen LogP contribution < -0.4 is 5.32 Å². The number of benzene rings is 1. The Morgan fingerprint density at radius 3 is 2.72 bits per heavy atom. The van der Waals surface area contributed by atoms with Crippen molar-refractivity contribution < 1.29 is 0 Å². The summed E-state index contributed by atoms with van der Waals surface area (Å²) in [5.74, 6) is 0. The summed E-state index contributed by atoms with van der Waals surface area (Å²) in [7, 11) is 1.98. The first-order valence-corrected chi connectivity index (χ1v) is 6.41. The van der Waals surface area contributed by atoms with Gasteiger partial charge in [0.05, 0.1) is 5.69 Å². The number of rotatable bonds is 5. The minimum Gasteiger partial charge on any atom is -0.308 e. The maximum atomic E-state index is 4.17. The normalized spacial score (nSPS) is 12.6. The summed E-state index contributed by atoms with van der Waals surface area (Å²) in [5.41, 5.74) is 4.00. The minimum atomic E-state index is 0.459. The summed E-state index contributed by atoms with van der Waals surface area (Å²) in [5, 5.41) is 7.71. The Kier molecular flexibility index (Phi) is 4.15. The monoisotopic (exact) mass is 243 g/mol. The average molecular weight is 243 g/mol. The zero-order valence-corrected chi connectivity index (χ0v) is 11.4. The largest absolute Gasteiger partial charge is 0.308 e. The molecule has 0 bridgehead atoms. The molecule has 0 aliphatic rings. The fourth-order valence-corrected chi connectivity index (χ4v) is 2.09. The summed E-state index contributed by atoms with van der Waals surface area (Å²) in [6.45, 7) is 5.26. The zero-order chi connectivity index (χ0) is 13.0. The molecule has 1 atom stereocenters. The maximum Gasteiger partial charge on any atom is 0.0518 e. The second kappa shape index (κ2) is 5.83. The molecule has 0 fully saturated rings. The van der Waals surface area contributed by atoms with E-state index in [1.165, 1.54) is 16.8 Å². The molecule has 0 spiro atoms. The minimum absolute atomic E-state index is 0.459. The van der Waals surface area contributed by atoms with Gasteiger partial charge >= 0.3 is 0 Å². The van der Waals surface area contributed by atoms with Gasteiger partial charge in [0.2, 0.25) is 0 Å². The van der Waals surface area contributed by atoms with E-state index in [2.05, 4.69) is 48.5 Å². The topological polar surface area (TPSA) is 29.9 Å². The second-order valence-electron chi connectivity index (χ2n) is 4.86. The van der Waals surface area contributed by atoms with E-state index in [1.807, 2.05) is 24.0 Å². The lowest BCUT2D eigenvalue weighted by atomic mass is 10.0. The Morgan fingerprint density at radius 2 is 2.06 bits per heavy atom. The quantitative estimate of drug-likeness (QED) is 0.874. The Balaban J connectivity index is 1.88. The smallest absolute Gasteiger partial charge is 0.0518 e. The third-order valence-electron chi connectivity index (χ3n) is 3.34. The molecule has 1 aromatic heterocycles. The van der Waals surface area contributed by atoms with Gasteiger partial charge in [-0.3, -0.25) is 4.68 Å². The lowest BCUT2D eigenvalue weighted by Gasteiger charge is -2.15. The summed E-state index contributed by atoms with van der Waals surface area (Å²) in [6, 6.07) is 11.1. The number of aryl methyl sites for hydroxylation is 2. The average Bonchev–Trinajstić information content (AvgIpc) is 2.75. The predicted molar refractivity (Wildman–Crippen MR) is 74.4 cm³/mol. The second-order valence-corrected chi connectivity index (χ2v) is 4.86. The van der Waals surface area contributed by atoms with E-state index in [-0.39, 0.29) is 0 Å². The van der Waals surface area contributed by atoms with Crippen LogP contribution in [0.1, 0.15) is 23.7 Å². The van der Waals surface area contributed by atoms with Gasteiger partial charge in [0.1, 0.15) is 0 Å². The highest BCUT2D eigenvalue weighted by molar-refractivity contribution is 5.26.